The molecular weight excluding hydrogens is 306 g/mol. The maximum atomic E-state index is 11.7. The van der Waals surface area contributed by atoms with Gasteiger partial charge in [0.25, 0.3) is 0 Å². The molecule has 0 spiro atoms. The first-order valence-electron chi connectivity index (χ1n) is 6.40. The molecule has 112 valence electrons. The second-order valence-electron chi connectivity index (χ2n) is 4.55. The summed E-state index contributed by atoms with van der Waals surface area (Å²) in [5.74, 6) is 0.740. The van der Waals surface area contributed by atoms with Crippen molar-refractivity contribution in [2.24, 2.45) is 0 Å². The van der Waals surface area contributed by atoms with Crippen LogP contribution >= 0.6 is 11.8 Å². The van der Waals surface area contributed by atoms with Crippen LogP contribution in [0.2, 0.25) is 0 Å². The number of thioether (sulfide) groups is 1. The van der Waals surface area contributed by atoms with Crippen LogP contribution in [-0.4, -0.2) is 35.2 Å². The van der Waals surface area contributed by atoms with Gasteiger partial charge in [0.05, 0.1) is 4.90 Å². The zero-order valence-electron chi connectivity index (χ0n) is 11.8. The van der Waals surface area contributed by atoms with Crippen LogP contribution in [0.4, 0.5) is 0 Å². The summed E-state index contributed by atoms with van der Waals surface area (Å²) in [7, 11) is -3.19. The van der Waals surface area contributed by atoms with E-state index in [9.17, 15) is 8.42 Å². The van der Waals surface area contributed by atoms with Crippen molar-refractivity contribution in [2.75, 3.05) is 12.0 Å². The van der Waals surface area contributed by atoms with E-state index in [4.69, 9.17) is 0 Å². The molecule has 0 saturated carbocycles. The van der Waals surface area contributed by atoms with Crippen LogP contribution < -0.4 is 0 Å². The number of aromatic nitrogens is 3. The average molecular weight is 323 g/mol. The summed E-state index contributed by atoms with van der Waals surface area (Å²) in [5.41, 5.74) is 1.10. The minimum atomic E-state index is -3.19. The van der Waals surface area contributed by atoms with Gasteiger partial charge in [-0.1, -0.05) is 12.1 Å². The molecule has 1 aromatic heterocycles. The van der Waals surface area contributed by atoms with Gasteiger partial charge in [0.2, 0.25) is 0 Å². The van der Waals surface area contributed by atoms with Crippen LogP contribution in [0.15, 0.2) is 53.3 Å². The summed E-state index contributed by atoms with van der Waals surface area (Å²) in [4.78, 5) is 5.22. The van der Waals surface area contributed by atoms with Gasteiger partial charge in [0.1, 0.15) is 12.7 Å². The molecule has 1 aromatic carbocycles. The molecule has 0 amide bonds. The van der Waals surface area contributed by atoms with Gasteiger partial charge in [0.15, 0.2) is 9.84 Å². The molecule has 0 unspecified atom stereocenters. The smallest absolute Gasteiger partial charge is 0.175 e. The van der Waals surface area contributed by atoms with Gasteiger partial charge in [-0.3, -0.25) is 4.68 Å². The molecule has 0 saturated heterocycles. The molecule has 2 aromatic rings. The van der Waals surface area contributed by atoms with Crippen molar-refractivity contribution in [1.82, 2.24) is 14.8 Å². The van der Waals surface area contributed by atoms with E-state index in [1.165, 1.54) is 12.6 Å². The van der Waals surface area contributed by atoms with Crippen molar-refractivity contribution in [3.63, 3.8) is 0 Å². The Hall–Kier alpha value is -1.60. The number of benzene rings is 1. The van der Waals surface area contributed by atoms with Crippen molar-refractivity contribution in [3.05, 3.63) is 49.1 Å². The molecule has 5 nitrogen and oxygen atoms in total. The zero-order valence-corrected chi connectivity index (χ0v) is 13.4. The Morgan fingerprint density at radius 2 is 2.24 bits per heavy atom. The first-order chi connectivity index (χ1) is 10.0. The highest BCUT2D eigenvalue weighted by molar-refractivity contribution is 7.99. The van der Waals surface area contributed by atoms with Crippen molar-refractivity contribution >= 4 is 21.6 Å². The lowest BCUT2D eigenvalue weighted by molar-refractivity contribution is 0.600. The highest BCUT2D eigenvalue weighted by Gasteiger charge is 2.11. The standard InChI is InChI=1S/C14H17N3O2S2/c1-3-8-20-14-9-13(21(2,18)19)5-4-12(14)6-7-17-11-15-10-16-17/h3-5,9-11H,1,6-8H2,2H3. The Kier molecular flexibility index (Phi) is 5.19. The van der Waals surface area contributed by atoms with Gasteiger partial charge in [-0.25, -0.2) is 13.4 Å². The third-order valence-electron chi connectivity index (χ3n) is 2.90. The van der Waals surface area contributed by atoms with Crippen molar-refractivity contribution in [2.45, 2.75) is 22.8 Å². The van der Waals surface area contributed by atoms with Crippen molar-refractivity contribution < 1.29 is 8.42 Å². The molecule has 0 atom stereocenters. The third kappa shape index (κ3) is 4.44. The first-order valence-corrected chi connectivity index (χ1v) is 9.27. The molecule has 0 N–H and O–H groups in total. The average Bonchev–Trinajstić information content (AvgIpc) is 2.95. The van der Waals surface area contributed by atoms with Crippen LogP contribution in [0.1, 0.15) is 5.56 Å². The van der Waals surface area contributed by atoms with Crippen molar-refractivity contribution in [3.8, 4) is 0 Å². The summed E-state index contributed by atoms with van der Waals surface area (Å²) in [5, 5.41) is 4.07. The Labute approximate surface area is 129 Å². The van der Waals surface area contributed by atoms with Crippen LogP contribution in [0.5, 0.6) is 0 Å². The largest absolute Gasteiger partial charge is 0.253 e. The van der Waals surface area contributed by atoms with Crippen LogP contribution in [0.3, 0.4) is 0 Å². The SMILES string of the molecule is C=CCSc1cc(S(C)(=O)=O)ccc1CCn1cncn1. The van der Waals surface area contributed by atoms with E-state index in [1.54, 1.807) is 41.0 Å². The van der Waals surface area contributed by atoms with Crippen molar-refractivity contribution in [1.29, 1.82) is 0 Å². The van der Waals surface area contributed by atoms with Gasteiger partial charge in [-0.15, -0.1) is 18.3 Å². The summed E-state index contributed by atoms with van der Waals surface area (Å²) >= 11 is 1.59. The van der Waals surface area contributed by atoms with E-state index in [1.807, 2.05) is 6.07 Å². The molecule has 2 rings (SSSR count). The van der Waals surface area contributed by atoms with Gasteiger partial charge in [0, 0.05) is 23.4 Å². The fourth-order valence-corrected chi connectivity index (χ4v) is 3.42. The second kappa shape index (κ2) is 6.91. The Morgan fingerprint density at radius 1 is 1.43 bits per heavy atom. The molecule has 0 aliphatic rings. The molecule has 0 aliphatic carbocycles. The van der Waals surface area contributed by atoms with E-state index in [2.05, 4.69) is 16.7 Å². The predicted octanol–water partition coefficient (Wildman–Crippen LogP) is 2.20. The van der Waals surface area contributed by atoms with Crippen LogP contribution in [0, 0.1) is 0 Å². The molecule has 0 aliphatic heterocycles. The number of aryl methyl sites for hydroxylation is 2. The maximum absolute atomic E-state index is 11.7. The number of nitrogens with zero attached hydrogens (tertiary/aromatic N) is 3. The molecule has 1 heterocycles. The monoisotopic (exact) mass is 323 g/mol. The van der Waals surface area contributed by atoms with Gasteiger partial charge >= 0.3 is 0 Å². The molecule has 7 heteroatoms. The molecular formula is C14H17N3O2S2. The van der Waals surface area contributed by atoms with E-state index >= 15 is 0 Å². The summed E-state index contributed by atoms with van der Waals surface area (Å²) in [6.07, 6.45) is 6.97. The lowest BCUT2D eigenvalue weighted by atomic mass is 10.1. The van der Waals surface area contributed by atoms with E-state index < -0.39 is 9.84 Å². The van der Waals surface area contributed by atoms with Gasteiger partial charge in [-0.2, -0.15) is 5.10 Å². The lowest BCUT2D eigenvalue weighted by Crippen LogP contribution is -2.04. The number of sulfone groups is 1. The Morgan fingerprint density at radius 3 is 2.86 bits per heavy atom. The van der Waals surface area contributed by atoms with Crippen LogP contribution in [0.25, 0.3) is 0 Å². The fourth-order valence-electron chi connectivity index (χ4n) is 1.84. The minimum absolute atomic E-state index is 0.346. The van der Waals surface area contributed by atoms with Gasteiger partial charge in [-0.05, 0) is 24.1 Å². The number of hydrogen-bond acceptors (Lipinski definition) is 5. The third-order valence-corrected chi connectivity index (χ3v) is 5.10. The first kappa shape index (κ1) is 15.8. The molecule has 0 radical (unpaired) electrons. The van der Waals surface area contributed by atoms with E-state index in [0.717, 1.165) is 22.6 Å². The molecule has 0 bridgehead atoms. The van der Waals surface area contributed by atoms with E-state index in [0.29, 0.717) is 11.4 Å². The number of rotatable bonds is 7. The van der Waals surface area contributed by atoms with Gasteiger partial charge < -0.3 is 0 Å². The Bertz CT molecular complexity index is 710. The fraction of sp³-hybridized carbons (Fsp3) is 0.286. The minimum Gasteiger partial charge on any atom is -0.253 e. The normalized spacial score (nSPS) is 11.5. The Balaban J connectivity index is 2.23. The highest BCUT2D eigenvalue weighted by Crippen LogP contribution is 2.27. The predicted molar refractivity (Wildman–Crippen MR) is 84.2 cm³/mol. The summed E-state index contributed by atoms with van der Waals surface area (Å²) < 4.78 is 25.1. The van der Waals surface area contributed by atoms with Crippen LogP contribution in [-0.2, 0) is 22.8 Å². The summed E-state index contributed by atoms with van der Waals surface area (Å²) in [6.45, 7) is 4.41. The van der Waals surface area contributed by atoms with E-state index in [-0.39, 0.29) is 0 Å². The summed E-state index contributed by atoms with van der Waals surface area (Å²) in [6, 6.07) is 5.27. The number of hydrogen-bond donors (Lipinski definition) is 0. The lowest BCUT2D eigenvalue weighted by Gasteiger charge is -2.10. The second-order valence-corrected chi connectivity index (χ2v) is 7.63. The zero-order chi connectivity index (χ0) is 15.3. The highest BCUT2D eigenvalue weighted by atomic mass is 32.2. The maximum Gasteiger partial charge on any atom is 0.175 e. The molecule has 21 heavy (non-hydrogen) atoms. The quantitative estimate of drug-likeness (QED) is 0.577. The molecule has 0 fully saturated rings. The topological polar surface area (TPSA) is 64.8 Å².